The number of likely N-dealkylation sites (N-methyl/N-ethyl adjacent to an activating group) is 2. The Morgan fingerprint density at radius 1 is 0.538 bits per heavy atom. The number of allylic oxidation sites excluding steroid dienone is 3. The Balaban J connectivity index is 0.885. The van der Waals surface area contributed by atoms with Gasteiger partial charge in [-0.2, -0.15) is 0 Å². The molecule has 18 nitrogen and oxygen atoms in total. The molecule has 2 aromatic rings. The van der Waals surface area contributed by atoms with E-state index in [1.54, 1.807) is 62.0 Å². The lowest BCUT2D eigenvalue weighted by molar-refractivity contribution is -0.143. The number of fused-ring (bicyclic) bond motifs is 2. The van der Waals surface area contributed by atoms with Crippen LogP contribution in [0.25, 0.3) is 0 Å². The molecule has 2 heterocycles. The molecule has 2 unspecified atom stereocenters. The van der Waals surface area contributed by atoms with Crippen molar-refractivity contribution in [1.29, 1.82) is 0 Å². The van der Waals surface area contributed by atoms with Crippen LogP contribution in [0.4, 0.5) is 0 Å². The molecule has 0 spiro atoms. The van der Waals surface area contributed by atoms with Crippen LogP contribution in [0.2, 0.25) is 0 Å². The molecule has 420 valence electrons. The number of rotatable bonds is 18. The van der Waals surface area contributed by atoms with Crippen molar-refractivity contribution in [1.82, 2.24) is 52.3 Å². The fourth-order valence-electron chi connectivity index (χ4n) is 13.4. The van der Waals surface area contributed by atoms with Crippen LogP contribution in [0.3, 0.4) is 0 Å². The molecule has 18 heteroatoms. The maximum atomic E-state index is 14.9. The van der Waals surface area contributed by atoms with Gasteiger partial charge in [0.25, 0.3) is 11.8 Å². The number of aryl methyl sites for hydroxylation is 1. The average Bonchev–Trinajstić information content (AvgIpc) is 4.31. The van der Waals surface area contributed by atoms with Crippen molar-refractivity contribution in [2.75, 3.05) is 27.2 Å². The average molecular weight is 1070 g/mol. The summed E-state index contributed by atoms with van der Waals surface area (Å²) < 4.78 is 0. The van der Waals surface area contributed by atoms with Crippen molar-refractivity contribution in [3.05, 3.63) is 95.1 Å². The van der Waals surface area contributed by atoms with E-state index in [0.29, 0.717) is 5.92 Å². The summed E-state index contributed by atoms with van der Waals surface area (Å²) in [6, 6.07) is 8.19. The summed E-state index contributed by atoms with van der Waals surface area (Å²) in [7, 11) is 3.38. The van der Waals surface area contributed by atoms with Crippen LogP contribution in [0.15, 0.2) is 72.8 Å². The molecule has 3 saturated carbocycles. The van der Waals surface area contributed by atoms with Gasteiger partial charge in [-0.25, -0.2) is 0 Å². The van der Waals surface area contributed by atoms with Crippen LogP contribution < -0.4 is 42.5 Å². The Morgan fingerprint density at radius 3 is 1.54 bits per heavy atom. The number of nitrogens with zero attached hydrogens (tertiary/aromatic N) is 2. The molecule has 2 aliphatic heterocycles. The first-order valence-corrected chi connectivity index (χ1v) is 29.0. The zero-order chi connectivity index (χ0) is 55.0. The molecule has 2 aromatic carbocycles. The summed E-state index contributed by atoms with van der Waals surface area (Å²) in [5, 5.41) is 24.7. The lowest BCUT2D eigenvalue weighted by Crippen LogP contribution is -2.58. The van der Waals surface area contributed by atoms with E-state index in [2.05, 4.69) is 60.8 Å². The molecular formula is C60H82N10O8. The SMILES string of the molecule is CN[C@@H](C)C(=O)N[C@H](C(=O)N1C[C@@H](NC(=O)c2ccc(C(=O)N[C@H]3C[C@@H](C(=O)N[C@H]4CCC5C=CC=CC54)N(C(=O)[C@@H](NC(=O)[C@H](C)NC)C4CCCCC4)C3)cc2)C[C@H]1C(=O)N[C@H]1CCc2ccccc21)C1CCCCC1. The van der Waals surface area contributed by atoms with Crippen molar-refractivity contribution in [3.8, 4) is 0 Å². The van der Waals surface area contributed by atoms with Crippen molar-refractivity contribution >= 4 is 47.3 Å². The lowest BCUT2D eigenvalue weighted by Gasteiger charge is -2.35. The van der Waals surface area contributed by atoms with Gasteiger partial charge in [0.05, 0.1) is 18.1 Å². The number of carbonyl (C=O) groups is 8. The number of nitrogens with one attached hydrogen (secondary N) is 8. The van der Waals surface area contributed by atoms with Gasteiger partial charge >= 0.3 is 0 Å². The molecule has 0 aromatic heterocycles. The topological polar surface area (TPSA) is 239 Å². The van der Waals surface area contributed by atoms with Crippen molar-refractivity contribution in [2.45, 2.75) is 177 Å². The van der Waals surface area contributed by atoms with Gasteiger partial charge in [0.2, 0.25) is 35.4 Å². The fraction of sp³-hybridized carbons (Fsp3) is 0.600. The van der Waals surface area contributed by atoms with E-state index >= 15 is 0 Å². The maximum Gasteiger partial charge on any atom is 0.251 e. The molecule has 5 fully saturated rings. The van der Waals surface area contributed by atoms with Crippen LogP contribution in [0.1, 0.15) is 148 Å². The second-order valence-corrected chi connectivity index (χ2v) is 23.2. The Bertz CT molecular complexity index is 2590. The quantitative estimate of drug-likeness (QED) is 0.107. The molecule has 0 bridgehead atoms. The molecule has 7 aliphatic rings. The van der Waals surface area contributed by atoms with Crippen LogP contribution in [-0.2, 0) is 35.2 Å². The summed E-state index contributed by atoms with van der Waals surface area (Å²) >= 11 is 0. The third-order valence-corrected chi connectivity index (χ3v) is 18.2. The first-order chi connectivity index (χ1) is 37.7. The molecule has 8 amide bonds. The highest BCUT2D eigenvalue weighted by Crippen LogP contribution is 2.38. The molecule has 9 rings (SSSR count). The minimum Gasteiger partial charge on any atom is -0.351 e. The van der Waals surface area contributed by atoms with Crippen LogP contribution in [0, 0.1) is 23.7 Å². The Labute approximate surface area is 459 Å². The maximum absolute atomic E-state index is 14.9. The van der Waals surface area contributed by atoms with Gasteiger partial charge < -0.3 is 52.3 Å². The first kappa shape index (κ1) is 56.3. The van der Waals surface area contributed by atoms with Gasteiger partial charge in [-0.05, 0) is 145 Å². The highest BCUT2D eigenvalue weighted by atomic mass is 16.2. The van der Waals surface area contributed by atoms with Gasteiger partial charge in [-0.3, -0.25) is 38.4 Å². The predicted molar refractivity (Wildman–Crippen MR) is 295 cm³/mol. The first-order valence-electron chi connectivity index (χ1n) is 29.0. The predicted octanol–water partition coefficient (Wildman–Crippen LogP) is 3.87. The summed E-state index contributed by atoms with van der Waals surface area (Å²) in [5.41, 5.74) is 2.76. The number of likely N-dealkylation sites (tertiary alicyclic amines) is 2. The molecular weight excluding hydrogens is 989 g/mol. The zero-order valence-corrected chi connectivity index (χ0v) is 45.9. The molecule has 0 radical (unpaired) electrons. The standard InChI is InChI=1S/C60H82N10O8/c1-35(61-3)53(71)67-51(39-17-7-5-8-18-39)59(77)69-33-43(31-49(69)57(75)65-47-29-27-37-15-11-13-21-45(37)47)63-55(73)41-23-25-42(26-24-41)56(74)64-44-32-50(58(76)66-48-30-28-38-16-12-14-22-46(38)48)70(34-44)60(78)52(40-19-9-6-10-20-40)68-54(72)36(2)62-4/h11-16,21-26,35-37,39-40,43-45,47-52,61-62H,5-10,17-20,27-34H2,1-4H3,(H,63,73)(H,64,74)(H,65,75)(H,66,76)(H,67,71)(H,68,72)/t35-,36-,37?,43-,44-,45?,47-,48-,49-,50-,51-,52-/m0/s1. The summed E-state index contributed by atoms with van der Waals surface area (Å²) in [6.45, 7) is 3.60. The molecule has 78 heavy (non-hydrogen) atoms. The van der Waals surface area contributed by atoms with Crippen LogP contribution >= 0.6 is 0 Å². The summed E-state index contributed by atoms with van der Waals surface area (Å²) in [6.07, 6.45) is 21.0. The number of amides is 8. The third-order valence-electron chi connectivity index (χ3n) is 18.2. The Hall–Kier alpha value is -6.40. The van der Waals surface area contributed by atoms with Crippen molar-refractivity contribution in [3.63, 3.8) is 0 Å². The molecule has 8 N–H and O–H groups in total. The van der Waals surface area contributed by atoms with E-state index in [0.717, 1.165) is 95.5 Å². The monoisotopic (exact) mass is 1070 g/mol. The summed E-state index contributed by atoms with van der Waals surface area (Å²) in [4.78, 5) is 117. The Morgan fingerprint density at radius 2 is 1.03 bits per heavy atom. The smallest absolute Gasteiger partial charge is 0.251 e. The zero-order valence-electron chi connectivity index (χ0n) is 45.9. The number of hydrogen-bond acceptors (Lipinski definition) is 10. The van der Waals surface area contributed by atoms with Gasteiger partial charge in [0.1, 0.15) is 24.2 Å². The third kappa shape index (κ3) is 12.9. The molecule has 5 aliphatic carbocycles. The second kappa shape index (κ2) is 25.6. The van der Waals surface area contributed by atoms with Crippen LogP contribution in [-0.4, -0.2) is 139 Å². The lowest BCUT2D eigenvalue weighted by atomic mass is 9.83. The van der Waals surface area contributed by atoms with E-state index in [1.165, 1.54) is 5.56 Å². The van der Waals surface area contributed by atoms with E-state index < -0.39 is 60.1 Å². The summed E-state index contributed by atoms with van der Waals surface area (Å²) in [5.74, 6) is -2.44. The van der Waals surface area contributed by atoms with E-state index in [9.17, 15) is 38.4 Å². The minimum atomic E-state index is -0.903. The number of carbonyl (C=O) groups excluding carboxylic acids is 8. The van der Waals surface area contributed by atoms with E-state index in [1.807, 2.05) is 30.4 Å². The second-order valence-electron chi connectivity index (χ2n) is 23.2. The molecule has 12 atom stereocenters. The highest BCUT2D eigenvalue weighted by Gasteiger charge is 2.48. The van der Waals surface area contributed by atoms with E-state index in [4.69, 9.17) is 0 Å². The normalized spacial score (nSPS) is 27.4. The van der Waals surface area contributed by atoms with Gasteiger partial charge in [0, 0.05) is 48.3 Å². The molecule has 2 saturated heterocycles. The van der Waals surface area contributed by atoms with Gasteiger partial charge in [0.15, 0.2) is 0 Å². The number of benzene rings is 2. The van der Waals surface area contributed by atoms with Gasteiger partial charge in [-0.1, -0.05) is 87.1 Å². The van der Waals surface area contributed by atoms with Crippen molar-refractivity contribution in [2.24, 2.45) is 23.7 Å². The van der Waals surface area contributed by atoms with Gasteiger partial charge in [-0.15, -0.1) is 0 Å². The largest absolute Gasteiger partial charge is 0.351 e. The Kier molecular flexibility index (Phi) is 18.5. The minimum absolute atomic E-state index is 0.0595. The van der Waals surface area contributed by atoms with E-state index in [-0.39, 0.29) is 102 Å². The fourth-order valence-corrected chi connectivity index (χ4v) is 13.4. The highest BCUT2D eigenvalue weighted by molar-refractivity contribution is 5.99. The number of hydrogen-bond donors (Lipinski definition) is 8. The van der Waals surface area contributed by atoms with Crippen molar-refractivity contribution < 1.29 is 38.4 Å². The van der Waals surface area contributed by atoms with Crippen LogP contribution in [0.5, 0.6) is 0 Å².